The second kappa shape index (κ2) is 8.88. The Kier molecular flexibility index (Phi) is 6.54. The molecule has 1 unspecified atom stereocenters. The van der Waals surface area contributed by atoms with Crippen LogP contribution in [0.3, 0.4) is 0 Å². The second-order valence-electron chi connectivity index (χ2n) is 5.01. The summed E-state index contributed by atoms with van der Waals surface area (Å²) < 4.78 is 10.6. The van der Waals surface area contributed by atoms with Gasteiger partial charge in [0.25, 0.3) is 0 Å². The minimum absolute atomic E-state index is 0.0324. The van der Waals surface area contributed by atoms with Gasteiger partial charge >= 0.3 is 0 Å². The third-order valence-electron chi connectivity index (χ3n) is 3.14. The first-order valence-electron chi connectivity index (χ1n) is 7.40. The van der Waals surface area contributed by atoms with Crippen molar-refractivity contribution >= 4 is 5.78 Å². The van der Waals surface area contributed by atoms with Gasteiger partial charge in [0.05, 0.1) is 13.2 Å². The predicted molar refractivity (Wildman–Crippen MR) is 88.8 cm³/mol. The van der Waals surface area contributed by atoms with E-state index in [1.165, 1.54) is 0 Å². The molecule has 4 heteroatoms. The zero-order valence-electron chi connectivity index (χ0n) is 12.9. The van der Waals surface area contributed by atoms with Crippen LogP contribution in [0, 0.1) is 0 Å². The first-order chi connectivity index (χ1) is 11.2. The second-order valence-corrected chi connectivity index (χ2v) is 5.01. The van der Waals surface area contributed by atoms with E-state index < -0.39 is 6.10 Å². The molecule has 2 aromatic rings. The standard InChI is InChI=1S/C19H20O4/c1-2-12-22-13-17(20)14-23-18-10-8-16(9-11-18)19(21)15-6-4-3-5-7-15/h2-11,17,20H,1,12-14H2. The van der Waals surface area contributed by atoms with Crippen molar-refractivity contribution in [1.29, 1.82) is 0 Å². The van der Waals surface area contributed by atoms with Crippen LogP contribution in [0.1, 0.15) is 15.9 Å². The van der Waals surface area contributed by atoms with Gasteiger partial charge in [0.15, 0.2) is 5.78 Å². The Morgan fingerprint density at radius 3 is 2.35 bits per heavy atom. The van der Waals surface area contributed by atoms with Gasteiger partial charge in [-0.05, 0) is 24.3 Å². The molecule has 0 aromatic heterocycles. The molecule has 0 aliphatic carbocycles. The maximum Gasteiger partial charge on any atom is 0.193 e. The zero-order chi connectivity index (χ0) is 16.5. The maximum atomic E-state index is 12.3. The molecule has 0 fully saturated rings. The summed E-state index contributed by atoms with van der Waals surface area (Å²) in [5.41, 5.74) is 1.24. The van der Waals surface area contributed by atoms with Gasteiger partial charge in [-0.1, -0.05) is 36.4 Å². The molecule has 0 aliphatic heterocycles. The number of aliphatic hydroxyl groups excluding tert-OH is 1. The van der Waals surface area contributed by atoms with Crippen LogP contribution in [0.4, 0.5) is 0 Å². The molecule has 0 spiro atoms. The molecule has 2 rings (SSSR count). The maximum absolute atomic E-state index is 12.3. The number of carbonyl (C=O) groups excluding carboxylic acids is 1. The van der Waals surface area contributed by atoms with E-state index in [1.807, 2.05) is 18.2 Å². The molecule has 0 bridgehead atoms. The van der Waals surface area contributed by atoms with Crippen LogP contribution in [-0.2, 0) is 4.74 Å². The van der Waals surface area contributed by atoms with E-state index in [-0.39, 0.29) is 19.0 Å². The number of ether oxygens (including phenoxy) is 2. The molecule has 0 saturated carbocycles. The van der Waals surface area contributed by atoms with Crippen molar-refractivity contribution in [1.82, 2.24) is 0 Å². The van der Waals surface area contributed by atoms with Crippen LogP contribution in [0.15, 0.2) is 67.3 Å². The number of aliphatic hydroxyl groups is 1. The molecular weight excluding hydrogens is 292 g/mol. The SMILES string of the molecule is C=CCOCC(O)COc1ccc(C(=O)c2ccccc2)cc1. The largest absolute Gasteiger partial charge is 0.491 e. The van der Waals surface area contributed by atoms with Crippen molar-refractivity contribution in [3.8, 4) is 5.75 Å². The molecule has 0 saturated heterocycles. The molecule has 0 amide bonds. The van der Waals surface area contributed by atoms with Crippen LogP contribution < -0.4 is 4.74 Å². The molecule has 1 N–H and O–H groups in total. The first-order valence-corrected chi connectivity index (χ1v) is 7.40. The summed E-state index contributed by atoms with van der Waals surface area (Å²) in [6.45, 7) is 4.25. The third kappa shape index (κ3) is 5.36. The highest BCUT2D eigenvalue weighted by Gasteiger charge is 2.09. The van der Waals surface area contributed by atoms with E-state index >= 15 is 0 Å². The Balaban J connectivity index is 1.87. The smallest absolute Gasteiger partial charge is 0.193 e. The fourth-order valence-electron chi connectivity index (χ4n) is 1.99. The fraction of sp³-hybridized carbons (Fsp3) is 0.211. The molecule has 1 atom stereocenters. The number of benzene rings is 2. The van der Waals surface area contributed by atoms with Gasteiger partial charge in [-0.3, -0.25) is 4.79 Å². The molecule has 120 valence electrons. The molecule has 0 aliphatic rings. The number of hydrogen-bond donors (Lipinski definition) is 1. The van der Waals surface area contributed by atoms with E-state index in [1.54, 1.807) is 42.5 Å². The van der Waals surface area contributed by atoms with Crippen molar-refractivity contribution in [3.63, 3.8) is 0 Å². The zero-order valence-corrected chi connectivity index (χ0v) is 12.9. The Morgan fingerprint density at radius 2 is 1.70 bits per heavy atom. The molecular formula is C19H20O4. The van der Waals surface area contributed by atoms with Crippen molar-refractivity contribution < 1.29 is 19.4 Å². The number of ketones is 1. The lowest BCUT2D eigenvalue weighted by Gasteiger charge is -2.12. The van der Waals surface area contributed by atoms with Crippen LogP contribution >= 0.6 is 0 Å². The Morgan fingerprint density at radius 1 is 1.04 bits per heavy atom. The minimum Gasteiger partial charge on any atom is -0.491 e. The summed E-state index contributed by atoms with van der Waals surface area (Å²) in [4.78, 5) is 12.3. The first kappa shape index (κ1) is 16.9. The van der Waals surface area contributed by atoms with E-state index in [0.717, 1.165) is 0 Å². The lowest BCUT2D eigenvalue weighted by atomic mass is 10.0. The Labute approximate surface area is 136 Å². The van der Waals surface area contributed by atoms with Crippen molar-refractivity contribution in [2.45, 2.75) is 6.10 Å². The van der Waals surface area contributed by atoms with Gasteiger partial charge in [-0.25, -0.2) is 0 Å². The van der Waals surface area contributed by atoms with Gasteiger partial charge in [0.1, 0.15) is 18.5 Å². The molecule has 2 aromatic carbocycles. The lowest BCUT2D eigenvalue weighted by molar-refractivity contribution is 0.0214. The summed E-state index contributed by atoms with van der Waals surface area (Å²) in [7, 11) is 0. The summed E-state index contributed by atoms with van der Waals surface area (Å²) in [5.74, 6) is 0.562. The highest BCUT2D eigenvalue weighted by atomic mass is 16.5. The van der Waals surface area contributed by atoms with E-state index in [0.29, 0.717) is 23.5 Å². The highest BCUT2D eigenvalue weighted by Crippen LogP contribution is 2.15. The van der Waals surface area contributed by atoms with Crippen LogP contribution in [-0.4, -0.2) is 36.8 Å². The Hall–Kier alpha value is -2.43. The fourth-order valence-corrected chi connectivity index (χ4v) is 1.99. The van der Waals surface area contributed by atoms with Crippen molar-refractivity contribution in [2.75, 3.05) is 19.8 Å². The van der Waals surface area contributed by atoms with Crippen LogP contribution in [0.25, 0.3) is 0 Å². The monoisotopic (exact) mass is 312 g/mol. The van der Waals surface area contributed by atoms with Crippen LogP contribution in [0.2, 0.25) is 0 Å². The number of hydrogen-bond acceptors (Lipinski definition) is 4. The topological polar surface area (TPSA) is 55.8 Å². The van der Waals surface area contributed by atoms with E-state index in [9.17, 15) is 9.90 Å². The van der Waals surface area contributed by atoms with Crippen LogP contribution in [0.5, 0.6) is 5.75 Å². The van der Waals surface area contributed by atoms with E-state index in [2.05, 4.69) is 6.58 Å². The summed E-state index contributed by atoms with van der Waals surface area (Å²) in [5, 5.41) is 9.69. The number of rotatable bonds is 9. The van der Waals surface area contributed by atoms with Gasteiger partial charge in [-0.2, -0.15) is 0 Å². The normalized spacial score (nSPS) is 11.7. The summed E-state index contributed by atoms with van der Waals surface area (Å²) >= 11 is 0. The van der Waals surface area contributed by atoms with E-state index in [4.69, 9.17) is 9.47 Å². The molecule has 23 heavy (non-hydrogen) atoms. The molecule has 4 nitrogen and oxygen atoms in total. The number of carbonyl (C=O) groups is 1. The van der Waals surface area contributed by atoms with Crippen molar-refractivity contribution in [2.24, 2.45) is 0 Å². The average Bonchev–Trinajstić information content (AvgIpc) is 2.61. The predicted octanol–water partition coefficient (Wildman–Crippen LogP) is 2.86. The van der Waals surface area contributed by atoms with Gasteiger partial charge in [0, 0.05) is 11.1 Å². The van der Waals surface area contributed by atoms with Gasteiger partial charge < -0.3 is 14.6 Å². The quantitative estimate of drug-likeness (QED) is 0.439. The summed E-state index contributed by atoms with van der Waals surface area (Å²) in [6, 6.07) is 16.0. The third-order valence-corrected chi connectivity index (χ3v) is 3.14. The lowest BCUT2D eigenvalue weighted by Crippen LogP contribution is -2.23. The Bertz CT molecular complexity index is 620. The molecule has 0 radical (unpaired) electrons. The minimum atomic E-state index is -0.708. The van der Waals surface area contributed by atoms with Gasteiger partial charge in [0.2, 0.25) is 0 Å². The summed E-state index contributed by atoms with van der Waals surface area (Å²) in [6.07, 6.45) is 0.913. The highest BCUT2D eigenvalue weighted by molar-refractivity contribution is 6.08. The average molecular weight is 312 g/mol. The van der Waals surface area contributed by atoms with Gasteiger partial charge in [-0.15, -0.1) is 6.58 Å². The molecule has 0 heterocycles. The van der Waals surface area contributed by atoms with Crippen molar-refractivity contribution in [3.05, 3.63) is 78.4 Å².